The molecule has 0 radical (unpaired) electrons. The van der Waals surface area contributed by atoms with Crippen LogP contribution < -0.4 is 5.73 Å². The van der Waals surface area contributed by atoms with E-state index in [1.54, 1.807) is 12.1 Å². The van der Waals surface area contributed by atoms with Crippen molar-refractivity contribution in [1.29, 1.82) is 0 Å². The zero-order chi connectivity index (χ0) is 9.84. The Labute approximate surface area is 84.1 Å². The van der Waals surface area contributed by atoms with E-state index in [0.29, 0.717) is 11.1 Å². The highest BCUT2D eigenvalue weighted by molar-refractivity contribution is 9.09. The zero-order valence-electron chi connectivity index (χ0n) is 6.79. The van der Waals surface area contributed by atoms with Gasteiger partial charge >= 0.3 is 0 Å². The van der Waals surface area contributed by atoms with Crippen LogP contribution in [-0.4, -0.2) is 17.0 Å². The number of ketones is 1. The molecule has 2 N–H and O–H groups in total. The number of hydrogen-bond donors (Lipinski definition) is 1. The Morgan fingerprint density at radius 2 is 1.62 bits per heavy atom. The van der Waals surface area contributed by atoms with Crippen LogP contribution >= 0.6 is 15.9 Å². The Bertz CT molecular complexity index is 332. The van der Waals surface area contributed by atoms with Gasteiger partial charge in [0.15, 0.2) is 5.78 Å². The molecule has 0 atom stereocenters. The lowest BCUT2D eigenvalue weighted by atomic mass is 10.1. The standard InChI is InChI=1S/C9H8BrNO2/c10-5-8(12)6-1-3-7(4-2-6)9(11)13/h1-4H,5H2,(H2,11,13). The number of rotatable bonds is 3. The highest BCUT2D eigenvalue weighted by Crippen LogP contribution is 2.05. The lowest BCUT2D eigenvalue weighted by molar-refractivity contribution is 0.0994. The van der Waals surface area contributed by atoms with Crippen molar-refractivity contribution in [1.82, 2.24) is 0 Å². The SMILES string of the molecule is NC(=O)c1ccc(C(=O)CBr)cc1. The summed E-state index contributed by atoms with van der Waals surface area (Å²) in [7, 11) is 0. The summed E-state index contributed by atoms with van der Waals surface area (Å²) in [6.45, 7) is 0. The van der Waals surface area contributed by atoms with Crippen molar-refractivity contribution in [3.8, 4) is 0 Å². The maximum Gasteiger partial charge on any atom is 0.248 e. The van der Waals surface area contributed by atoms with E-state index in [-0.39, 0.29) is 11.1 Å². The third kappa shape index (κ3) is 2.39. The van der Waals surface area contributed by atoms with Crippen molar-refractivity contribution >= 4 is 27.6 Å². The zero-order valence-corrected chi connectivity index (χ0v) is 8.37. The second kappa shape index (κ2) is 4.18. The van der Waals surface area contributed by atoms with Gasteiger partial charge in [0, 0.05) is 11.1 Å². The Balaban J connectivity index is 2.93. The van der Waals surface area contributed by atoms with Crippen molar-refractivity contribution in [2.24, 2.45) is 5.73 Å². The fourth-order valence-corrected chi connectivity index (χ4v) is 1.22. The average Bonchev–Trinajstić information content (AvgIpc) is 2.17. The van der Waals surface area contributed by atoms with Crippen LogP contribution in [0.1, 0.15) is 20.7 Å². The molecule has 0 unspecified atom stereocenters. The Kier molecular flexibility index (Phi) is 3.19. The molecule has 0 aliphatic carbocycles. The van der Waals surface area contributed by atoms with E-state index in [0.717, 1.165) is 0 Å². The van der Waals surface area contributed by atoms with Gasteiger partial charge in [0.05, 0.1) is 5.33 Å². The third-order valence-corrected chi connectivity index (χ3v) is 2.12. The predicted octanol–water partition coefficient (Wildman–Crippen LogP) is 1.36. The largest absolute Gasteiger partial charge is 0.366 e. The van der Waals surface area contributed by atoms with E-state index in [1.807, 2.05) is 0 Å². The van der Waals surface area contributed by atoms with Crippen LogP contribution in [0.25, 0.3) is 0 Å². The van der Waals surface area contributed by atoms with Gasteiger partial charge in [-0.25, -0.2) is 0 Å². The molecule has 13 heavy (non-hydrogen) atoms. The molecule has 0 saturated heterocycles. The lowest BCUT2D eigenvalue weighted by Crippen LogP contribution is -2.11. The second-order valence-corrected chi connectivity index (χ2v) is 3.06. The molecule has 0 bridgehead atoms. The average molecular weight is 242 g/mol. The van der Waals surface area contributed by atoms with Gasteiger partial charge < -0.3 is 5.73 Å². The number of alkyl halides is 1. The smallest absolute Gasteiger partial charge is 0.248 e. The highest BCUT2D eigenvalue weighted by Gasteiger charge is 2.04. The number of hydrogen-bond acceptors (Lipinski definition) is 2. The van der Waals surface area contributed by atoms with Gasteiger partial charge in [0.2, 0.25) is 5.91 Å². The minimum absolute atomic E-state index is 0.0176. The molecule has 1 amide bonds. The molecule has 1 aromatic carbocycles. The quantitative estimate of drug-likeness (QED) is 0.642. The molecule has 0 fully saturated rings. The molecule has 0 heterocycles. The number of nitrogens with two attached hydrogens (primary N) is 1. The van der Waals surface area contributed by atoms with Gasteiger partial charge in [0.25, 0.3) is 0 Å². The number of primary amides is 1. The van der Waals surface area contributed by atoms with E-state index in [2.05, 4.69) is 15.9 Å². The van der Waals surface area contributed by atoms with Gasteiger partial charge in [-0.15, -0.1) is 0 Å². The molecule has 0 saturated carbocycles. The first-order chi connectivity index (χ1) is 6.15. The highest BCUT2D eigenvalue weighted by atomic mass is 79.9. The van der Waals surface area contributed by atoms with E-state index in [1.165, 1.54) is 12.1 Å². The first kappa shape index (κ1) is 9.92. The Morgan fingerprint density at radius 1 is 1.15 bits per heavy atom. The fourth-order valence-electron chi connectivity index (χ4n) is 0.898. The lowest BCUT2D eigenvalue weighted by Gasteiger charge is -1.98. The van der Waals surface area contributed by atoms with E-state index >= 15 is 0 Å². The summed E-state index contributed by atoms with van der Waals surface area (Å²) in [5, 5.41) is 0.281. The van der Waals surface area contributed by atoms with Crippen molar-refractivity contribution in [3.63, 3.8) is 0 Å². The summed E-state index contributed by atoms with van der Waals surface area (Å²) in [6, 6.07) is 6.25. The van der Waals surface area contributed by atoms with Crippen LogP contribution in [0.2, 0.25) is 0 Å². The van der Waals surface area contributed by atoms with Crippen LogP contribution in [0.4, 0.5) is 0 Å². The first-order valence-electron chi connectivity index (χ1n) is 3.64. The molecule has 0 spiro atoms. The van der Waals surface area contributed by atoms with Gasteiger partial charge in [-0.3, -0.25) is 9.59 Å². The van der Waals surface area contributed by atoms with Crippen molar-refractivity contribution in [3.05, 3.63) is 35.4 Å². The molecule has 3 nitrogen and oxygen atoms in total. The molecule has 0 aliphatic heterocycles. The van der Waals surface area contributed by atoms with Crippen molar-refractivity contribution in [2.75, 3.05) is 5.33 Å². The molecular weight excluding hydrogens is 234 g/mol. The maximum atomic E-state index is 11.1. The van der Waals surface area contributed by atoms with E-state index in [9.17, 15) is 9.59 Å². The summed E-state index contributed by atoms with van der Waals surface area (Å²) in [6.07, 6.45) is 0. The maximum absolute atomic E-state index is 11.1. The number of amides is 1. The monoisotopic (exact) mass is 241 g/mol. The number of halogens is 1. The van der Waals surface area contributed by atoms with Crippen LogP contribution in [0, 0.1) is 0 Å². The van der Waals surface area contributed by atoms with Crippen LogP contribution in [0.15, 0.2) is 24.3 Å². The minimum atomic E-state index is -0.488. The molecule has 0 aromatic heterocycles. The molecule has 68 valence electrons. The number of benzene rings is 1. The fraction of sp³-hybridized carbons (Fsp3) is 0.111. The van der Waals surface area contributed by atoms with Crippen molar-refractivity contribution < 1.29 is 9.59 Å². The third-order valence-electron chi connectivity index (χ3n) is 1.61. The summed E-state index contributed by atoms with van der Waals surface area (Å²) < 4.78 is 0. The van der Waals surface area contributed by atoms with Crippen molar-refractivity contribution in [2.45, 2.75) is 0 Å². The molecule has 1 aromatic rings. The minimum Gasteiger partial charge on any atom is -0.366 e. The summed E-state index contributed by atoms with van der Waals surface area (Å²) in [4.78, 5) is 21.8. The number of carbonyl (C=O) groups excluding carboxylic acids is 2. The Hall–Kier alpha value is -1.16. The normalized spacial score (nSPS) is 9.62. The summed E-state index contributed by atoms with van der Waals surface area (Å²) >= 11 is 3.06. The molecule has 1 rings (SSSR count). The van der Waals surface area contributed by atoms with Gasteiger partial charge in [-0.1, -0.05) is 28.1 Å². The van der Waals surface area contributed by atoms with Gasteiger partial charge in [-0.2, -0.15) is 0 Å². The van der Waals surface area contributed by atoms with Gasteiger partial charge in [0.1, 0.15) is 0 Å². The first-order valence-corrected chi connectivity index (χ1v) is 4.76. The number of carbonyl (C=O) groups is 2. The topological polar surface area (TPSA) is 60.2 Å². The molecule has 0 aliphatic rings. The molecular formula is C9H8BrNO2. The van der Waals surface area contributed by atoms with Gasteiger partial charge in [-0.05, 0) is 12.1 Å². The predicted molar refractivity (Wildman–Crippen MR) is 53.1 cm³/mol. The van der Waals surface area contributed by atoms with Crippen LogP contribution in [0.5, 0.6) is 0 Å². The number of Topliss-reactive ketones (excluding diaryl/α,β-unsaturated/α-hetero) is 1. The van der Waals surface area contributed by atoms with E-state index in [4.69, 9.17) is 5.73 Å². The van der Waals surface area contributed by atoms with E-state index < -0.39 is 5.91 Å². The van der Waals surface area contributed by atoms with Crippen LogP contribution in [0.3, 0.4) is 0 Å². The molecule has 4 heteroatoms. The summed E-state index contributed by atoms with van der Waals surface area (Å²) in [5.74, 6) is -0.506. The summed E-state index contributed by atoms with van der Waals surface area (Å²) in [5.41, 5.74) is 6.02. The Morgan fingerprint density at radius 3 is 2.00 bits per heavy atom. The second-order valence-electron chi connectivity index (χ2n) is 2.50. The van der Waals surface area contributed by atoms with Crippen LogP contribution in [-0.2, 0) is 0 Å².